The van der Waals surface area contributed by atoms with Crippen molar-refractivity contribution in [2.75, 3.05) is 38.5 Å². The van der Waals surface area contributed by atoms with Gasteiger partial charge in [-0.1, -0.05) is 19.3 Å². The first kappa shape index (κ1) is 15.7. The van der Waals surface area contributed by atoms with Crippen LogP contribution in [0.5, 0.6) is 0 Å². The van der Waals surface area contributed by atoms with Crippen LogP contribution in [0, 0.1) is 0 Å². The molecule has 3 rings (SSSR count). The van der Waals surface area contributed by atoms with Crippen molar-refractivity contribution in [1.82, 2.24) is 14.5 Å². The van der Waals surface area contributed by atoms with Crippen molar-refractivity contribution < 1.29 is 8.42 Å². The summed E-state index contributed by atoms with van der Waals surface area (Å²) in [4.78, 5) is 2.51. The van der Waals surface area contributed by atoms with Crippen molar-refractivity contribution in [2.24, 2.45) is 0 Å². The van der Waals surface area contributed by atoms with Crippen LogP contribution in [0.3, 0.4) is 0 Å². The van der Waals surface area contributed by atoms with Crippen molar-refractivity contribution >= 4 is 10.0 Å². The van der Waals surface area contributed by atoms with Crippen molar-refractivity contribution in [3.8, 4) is 0 Å². The fourth-order valence-corrected chi connectivity index (χ4v) is 5.77. The van der Waals surface area contributed by atoms with Gasteiger partial charge in [0, 0.05) is 38.3 Å². The largest absolute Gasteiger partial charge is 0.313 e. The maximum atomic E-state index is 12.5. The third-order valence-electron chi connectivity index (χ3n) is 5.33. The van der Waals surface area contributed by atoms with Gasteiger partial charge in [-0.3, -0.25) is 4.90 Å². The molecule has 0 radical (unpaired) electrons. The van der Waals surface area contributed by atoms with Crippen molar-refractivity contribution in [3.05, 3.63) is 0 Å². The van der Waals surface area contributed by atoms with Gasteiger partial charge in [-0.25, -0.2) is 8.42 Å². The highest BCUT2D eigenvalue weighted by atomic mass is 32.2. The molecule has 1 aliphatic carbocycles. The molecular formula is C15H29N3O2S. The van der Waals surface area contributed by atoms with Crippen LogP contribution in [0.1, 0.15) is 44.9 Å². The van der Waals surface area contributed by atoms with E-state index in [0.717, 1.165) is 38.5 Å². The summed E-state index contributed by atoms with van der Waals surface area (Å²) in [6, 6.07) is 0.881. The van der Waals surface area contributed by atoms with E-state index in [2.05, 4.69) is 10.2 Å². The Kier molecular flexibility index (Phi) is 5.19. The van der Waals surface area contributed by atoms with Gasteiger partial charge < -0.3 is 5.32 Å². The number of hydrogen-bond donors (Lipinski definition) is 1. The molecule has 1 saturated carbocycles. The Bertz CT molecular complexity index is 420. The van der Waals surface area contributed by atoms with E-state index in [1.165, 1.54) is 32.1 Å². The number of nitrogens with one attached hydrogen (secondary N) is 1. The minimum Gasteiger partial charge on any atom is -0.313 e. The molecule has 2 saturated heterocycles. The van der Waals surface area contributed by atoms with E-state index in [4.69, 9.17) is 0 Å². The fourth-order valence-electron chi connectivity index (χ4n) is 4.04. The van der Waals surface area contributed by atoms with Crippen LogP contribution >= 0.6 is 0 Å². The number of hydrogen-bond acceptors (Lipinski definition) is 4. The zero-order valence-electron chi connectivity index (χ0n) is 13.0. The molecule has 2 heterocycles. The minimum atomic E-state index is -3.09. The Morgan fingerprint density at radius 3 is 2.19 bits per heavy atom. The lowest BCUT2D eigenvalue weighted by Crippen LogP contribution is -2.53. The molecule has 21 heavy (non-hydrogen) atoms. The van der Waals surface area contributed by atoms with Gasteiger partial charge in [-0.05, 0) is 32.2 Å². The van der Waals surface area contributed by atoms with Crippen LogP contribution in [0.2, 0.25) is 0 Å². The summed E-state index contributed by atoms with van der Waals surface area (Å²) in [6.45, 7) is 4.18. The molecule has 2 aliphatic heterocycles. The zero-order chi connectivity index (χ0) is 14.7. The Balaban J connectivity index is 1.50. The summed E-state index contributed by atoms with van der Waals surface area (Å²) < 4.78 is 26.8. The topological polar surface area (TPSA) is 52.7 Å². The van der Waals surface area contributed by atoms with E-state index in [9.17, 15) is 8.42 Å². The first-order valence-electron chi connectivity index (χ1n) is 8.60. The Hall–Kier alpha value is -0.170. The Morgan fingerprint density at radius 1 is 0.905 bits per heavy atom. The molecule has 3 fully saturated rings. The molecule has 6 heteroatoms. The molecule has 0 amide bonds. The standard InChI is InChI=1S/C15H29N3O2S/c19-21(20,13-14-5-3-4-8-16-14)18-11-9-17(10-12-18)15-6-1-2-7-15/h14-16H,1-13H2. The van der Waals surface area contributed by atoms with Gasteiger partial charge in [0.1, 0.15) is 0 Å². The predicted octanol–water partition coefficient (Wildman–Crippen LogP) is 1.02. The first-order chi connectivity index (χ1) is 10.1. The van der Waals surface area contributed by atoms with Gasteiger partial charge in [0.25, 0.3) is 0 Å². The second kappa shape index (κ2) is 6.94. The summed E-state index contributed by atoms with van der Waals surface area (Å²) in [5.74, 6) is 0.288. The van der Waals surface area contributed by atoms with Crippen molar-refractivity contribution in [3.63, 3.8) is 0 Å². The fraction of sp³-hybridized carbons (Fsp3) is 1.00. The summed E-state index contributed by atoms with van der Waals surface area (Å²) in [5, 5.41) is 3.35. The molecule has 0 bridgehead atoms. The second-order valence-electron chi connectivity index (χ2n) is 6.80. The lowest BCUT2D eigenvalue weighted by Gasteiger charge is -2.38. The van der Waals surface area contributed by atoms with E-state index >= 15 is 0 Å². The number of nitrogens with zero attached hydrogens (tertiary/aromatic N) is 2. The van der Waals surface area contributed by atoms with Gasteiger partial charge >= 0.3 is 0 Å². The zero-order valence-corrected chi connectivity index (χ0v) is 13.8. The van der Waals surface area contributed by atoms with Crippen molar-refractivity contribution in [1.29, 1.82) is 0 Å². The average molecular weight is 315 g/mol. The third kappa shape index (κ3) is 3.97. The highest BCUT2D eigenvalue weighted by Gasteiger charge is 2.32. The Labute approximate surface area is 129 Å². The molecular weight excluding hydrogens is 286 g/mol. The van der Waals surface area contributed by atoms with E-state index in [1.54, 1.807) is 4.31 Å². The van der Waals surface area contributed by atoms with Crippen LogP contribution in [-0.4, -0.2) is 68.2 Å². The molecule has 0 spiro atoms. The molecule has 0 aromatic heterocycles. The van der Waals surface area contributed by atoms with Crippen molar-refractivity contribution in [2.45, 2.75) is 57.0 Å². The predicted molar refractivity (Wildman–Crippen MR) is 84.8 cm³/mol. The summed E-state index contributed by atoms with van der Waals surface area (Å²) >= 11 is 0. The van der Waals surface area contributed by atoms with Crippen LogP contribution in [0.25, 0.3) is 0 Å². The molecule has 3 aliphatic rings. The minimum absolute atomic E-state index is 0.164. The summed E-state index contributed by atoms with van der Waals surface area (Å²) in [5.41, 5.74) is 0. The number of piperidine rings is 1. The number of piperazine rings is 1. The van der Waals surface area contributed by atoms with E-state index in [-0.39, 0.29) is 11.8 Å². The molecule has 1 N–H and O–H groups in total. The Morgan fingerprint density at radius 2 is 1.57 bits per heavy atom. The summed E-state index contributed by atoms with van der Waals surface area (Å²) in [6.07, 6.45) is 8.63. The van der Waals surface area contributed by atoms with Gasteiger partial charge in [-0.2, -0.15) is 4.31 Å². The lowest BCUT2D eigenvalue weighted by molar-refractivity contribution is 0.138. The van der Waals surface area contributed by atoms with Gasteiger partial charge in [0.2, 0.25) is 10.0 Å². The van der Waals surface area contributed by atoms with Crippen LogP contribution < -0.4 is 5.32 Å². The maximum absolute atomic E-state index is 12.5. The third-order valence-corrected chi connectivity index (χ3v) is 7.31. The second-order valence-corrected chi connectivity index (χ2v) is 8.81. The number of sulfonamides is 1. The highest BCUT2D eigenvalue weighted by molar-refractivity contribution is 7.89. The molecule has 1 unspecified atom stereocenters. The molecule has 1 atom stereocenters. The van der Waals surface area contributed by atoms with E-state index < -0.39 is 10.0 Å². The number of rotatable bonds is 4. The SMILES string of the molecule is O=S(=O)(CC1CCCCN1)N1CCN(C2CCCC2)CC1. The summed E-state index contributed by atoms with van der Waals surface area (Å²) in [7, 11) is -3.09. The smallest absolute Gasteiger partial charge is 0.215 e. The van der Waals surface area contributed by atoms with Crippen LogP contribution in [0.15, 0.2) is 0 Å². The lowest BCUT2D eigenvalue weighted by atomic mass is 10.1. The van der Waals surface area contributed by atoms with Gasteiger partial charge in [0.05, 0.1) is 5.75 Å². The first-order valence-corrected chi connectivity index (χ1v) is 10.2. The van der Waals surface area contributed by atoms with Crippen LogP contribution in [0.4, 0.5) is 0 Å². The van der Waals surface area contributed by atoms with E-state index in [1.807, 2.05) is 0 Å². The molecule has 0 aromatic rings. The molecule has 5 nitrogen and oxygen atoms in total. The molecule has 122 valence electrons. The quantitative estimate of drug-likeness (QED) is 0.841. The average Bonchev–Trinajstić information content (AvgIpc) is 3.02. The monoisotopic (exact) mass is 315 g/mol. The highest BCUT2D eigenvalue weighted by Crippen LogP contribution is 2.25. The van der Waals surface area contributed by atoms with E-state index in [0.29, 0.717) is 13.1 Å². The van der Waals surface area contributed by atoms with Gasteiger partial charge in [-0.15, -0.1) is 0 Å². The normalized spacial score (nSPS) is 30.8. The maximum Gasteiger partial charge on any atom is 0.215 e. The van der Waals surface area contributed by atoms with Gasteiger partial charge in [0.15, 0.2) is 0 Å². The van der Waals surface area contributed by atoms with Crippen LogP contribution in [-0.2, 0) is 10.0 Å². The molecule has 0 aromatic carbocycles.